The van der Waals surface area contributed by atoms with Crippen molar-refractivity contribution >= 4 is 0 Å². The smallest absolute Gasteiger partial charge is 0.186 e. The van der Waals surface area contributed by atoms with E-state index in [1.807, 2.05) is 0 Å². The van der Waals surface area contributed by atoms with Gasteiger partial charge in [-0.15, -0.1) is 0 Å². The molecule has 3 unspecified atom stereocenters. The maximum absolute atomic E-state index is 12.2. The molecule has 3 saturated heterocycles. The fourth-order valence-corrected chi connectivity index (χ4v) is 14.9. The van der Waals surface area contributed by atoms with Crippen molar-refractivity contribution in [3.63, 3.8) is 0 Å². The van der Waals surface area contributed by atoms with Gasteiger partial charge in [0.05, 0.1) is 48.8 Å². The first kappa shape index (κ1) is 41.2. The van der Waals surface area contributed by atoms with Crippen molar-refractivity contribution in [1.29, 1.82) is 0 Å². The molecule has 21 atom stereocenters. The van der Waals surface area contributed by atoms with Crippen LogP contribution in [0.5, 0.6) is 0 Å². The summed E-state index contributed by atoms with van der Waals surface area (Å²) in [6, 6.07) is 0. The van der Waals surface area contributed by atoms with E-state index in [-0.39, 0.29) is 52.1 Å². The average molecular weight is 785 g/mol. The Balaban J connectivity index is 1.15. The van der Waals surface area contributed by atoms with E-state index in [1.54, 1.807) is 13.8 Å². The van der Waals surface area contributed by atoms with Crippen LogP contribution in [0.25, 0.3) is 0 Å². The van der Waals surface area contributed by atoms with Gasteiger partial charge in [-0.25, -0.2) is 0 Å². The van der Waals surface area contributed by atoms with Crippen LogP contribution < -0.4 is 0 Å². The number of aliphatic hydroxyl groups excluding tert-OH is 8. The highest BCUT2D eigenvalue weighted by molar-refractivity contribution is 5.33. The topological polar surface area (TPSA) is 228 Å². The van der Waals surface area contributed by atoms with Gasteiger partial charge in [0.1, 0.15) is 42.7 Å². The summed E-state index contributed by atoms with van der Waals surface area (Å²) in [5.74, 6) is -0.215. The molecule has 55 heavy (non-hydrogen) atoms. The normalized spacial score (nSPS) is 58.7. The molecule has 0 aromatic carbocycles. The molecule has 8 aliphatic rings. The van der Waals surface area contributed by atoms with Crippen LogP contribution in [0.15, 0.2) is 0 Å². The lowest BCUT2D eigenvalue weighted by molar-refractivity contribution is -0.339. The predicted molar refractivity (Wildman–Crippen MR) is 194 cm³/mol. The first-order valence-corrected chi connectivity index (χ1v) is 20.9. The largest absolute Gasteiger partial charge is 0.394 e. The quantitative estimate of drug-likeness (QED) is 0.162. The summed E-state index contributed by atoms with van der Waals surface area (Å²) < 4.78 is 31.9. The first-order valence-electron chi connectivity index (χ1n) is 20.9. The number of hydrogen-bond donors (Lipinski definition) is 9. The zero-order valence-electron chi connectivity index (χ0n) is 33.6. The third-order valence-electron chi connectivity index (χ3n) is 17.6. The van der Waals surface area contributed by atoms with Crippen LogP contribution in [-0.4, -0.2) is 150 Å². The highest BCUT2D eigenvalue weighted by Gasteiger charge is 2.85. The van der Waals surface area contributed by atoms with Crippen molar-refractivity contribution < 1.29 is 69.6 Å². The van der Waals surface area contributed by atoms with Crippen LogP contribution in [0, 0.1) is 44.8 Å². The number of ether oxygens (including phenoxy) is 5. The molecule has 0 radical (unpaired) electrons. The molecule has 2 spiro atoms. The molecular weight excluding hydrogens is 716 g/mol. The summed E-state index contributed by atoms with van der Waals surface area (Å²) in [5, 5.41) is 97.2. The molecule has 14 nitrogen and oxygen atoms in total. The van der Waals surface area contributed by atoms with Crippen LogP contribution in [0.3, 0.4) is 0 Å². The molecule has 8 rings (SSSR count). The Labute approximate surface area is 324 Å². The van der Waals surface area contributed by atoms with Gasteiger partial charge in [-0.3, -0.25) is 0 Å². The maximum atomic E-state index is 12.2. The molecule has 5 saturated carbocycles. The van der Waals surface area contributed by atoms with E-state index in [9.17, 15) is 46.0 Å². The Morgan fingerprint density at radius 1 is 0.709 bits per heavy atom. The fourth-order valence-electron chi connectivity index (χ4n) is 14.9. The summed E-state index contributed by atoms with van der Waals surface area (Å²) in [4.78, 5) is 0. The highest BCUT2D eigenvalue weighted by Crippen LogP contribution is 2.89. The average Bonchev–Trinajstić information content (AvgIpc) is 3.47. The summed E-state index contributed by atoms with van der Waals surface area (Å²) in [5.41, 5.74) is -3.16. The van der Waals surface area contributed by atoms with E-state index in [0.717, 1.165) is 32.1 Å². The standard InChI is InChI=1S/C41H68O14/c1-35(2)24(54-33-29(48)26(45)20(44)17-51-33)9-11-41-18-40(41)13-12-37(5)31(39(7)10-8-25(55-39)36(3,4)50)19(43)15-38(37,6)23(40)14-21(32(35)41)52-34-30(49)28(47)27(46)22(16-42)53-34/h19-34,42-50H,8-18H2,1-7H3/t19-,20+,21-,22+,23?,24-,25+,26-,27+,28-,29+,30+,31-,32?,33-,34+,37+,38-,39-,40?,41+/m1/s1. The van der Waals surface area contributed by atoms with Gasteiger partial charge < -0.3 is 69.6 Å². The predicted octanol–water partition coefficient (Wildman–Crippen LogP) is 0.724. The number of rotatable bonds is 7. The van der Waals surface area contributed by atoms with Gasteiger partial charge >= 0.3 is 0 Å². The molecule has 316 valence electrons. The Kier molecular flexibility index (Phi) is 9.90. The third kappa shape index (κ3) is 5.70. The van der Waals surface area contributed by atoms with Gasteiger partial charge in [0.15, 0.2) is 12.6 Å². The zero-order chi connectivity index (χ0) is 40.1. The zero-order valence-corrected chi connectivity index (χ0v) is 33.6. The van der Waals surface area contributed by atoms with Crippen LogP contribution in [0.1, 0.15) is 106 Å². The van der Waals surface area contributed by atoms with E-state index < -0.39 is 96.8 Å². The molecule has 8 fully saturated rings. The minimum Gasteiger partial charge on any atom is -0.394 e. The summed E-state index contributed by atoms with van der Waals surface area (Å²) in [6.45, 7) is 13.8. The van der Waals surface area contributed by atoms with Crippen LogP contribution >= 0.6 is 0 Å². The van der Waals surface area contributed by atoms with Crippen molar-refractivity contribution in [1.82, 2.24) is 0 Å². The molecular formula is C41H68O14. The number of aliphatic hydroxyl groups is 9. The van der Waals surface area contributed by atoms with Crippen molar-refractivity contribution in [2.24, 2.45) is 44.8 Å². The second-order valence-corrected chi connectivity index (χ2v) is 21.1. The monoisotopic (exact) mass is 784 g/mol. The molecule has 0 amide bonds. The highest BCUT2D eigenvalue weighted by atomic mass is 16.7. The van der Waals surface area contributed by atoms with E-state index in [0.29, 0.717) is 25.7 Å². The molecule has 0 bridgehead atoms. The van der Waals surface area contributed by atoms with Gasteiger partial charge in [-0.1, -0.05) is 27.7 Å². The van der Waals surface area contributed by atoms with Crippen molar-refractivity contribution in [2.45, 2.75) is 197 Å². The summed E-state index contributed by atoms with van der Waals surface area (Å²) >= 11 is 0. The summed E-state index contributed by atoms with van der Waals surface area (Å²) in [6.07, 6.45) is -7.48. The van der Waals surface area contributed by atoms with Gasteiger partial charge in [0.25, 0.3) is 0 Å². The lowest BCUT2D eigenvalue weighted by atomic mass is 9.41. The lowest BCUT2D eigenvalue weighted by Gasteiger charge is -2.65. The SMILES string of the molecule is CC(C)(O)[C@@H]1CC[C@](C)([C@@H]2[C@H](O)C[C@]3(C)C4C[C@@H](O[C@H]5O[C@@H](CO)[C@H](O)[C@@H](O)[C@@H]5O)C5C(C)(C)[C@H](O[C@H]6OC[C@H](O)[C@@H](O)[C@@H]6O)CC[C@]56CC46CC[C@@]23C)O1. The van der Waals surface area contributed by atoms with Gasteiger partial charge in [-0.2, -0.15) is 0 Å². The Morgan fingerprint density at radius 2 is 1.40 bits per heavy atom. The van der Waals surface area contributed by atoms with E-state index in [1.165, 1.54) is 0 Å². The van der Waals surface area contributed by atoms with Crippen LogP contribution in [0.2, 0.25) is 0 Å². The van der Waals surface area contributed by atoms with E-state index >= 15 is 0 Å². The van der Waals surface area contributed by atoms with E-state index in [4.69, 9.17) is 23.7 Å². The molecule has 3 heterocycles. The number of hydrogen-bond acceptors (Lipinski definition) is 14. The Bertz CT molecular complexity index is 1460. The Hall–Kier alpha value is -0.560. The summed E-state index contributed by atoms with van der Waals surface area (Å²) in [7, 11) is 0. The van der Waals surface area contributed by atoms with E-state index in [2.05, 4.69) is 34.6 Å². The van der Waals surface area contributed by atoms with Gasteiger partial charge in [0.2, 0.25) is 0 Å². The van der Waals surface area contributed by atoms with Gasteiger partial charge in [0, 0.05) is 5.92 Å². The molecule has 5 aliphatic carbocycles. The maximum Gasteiger partial charge on any atom is 0.186 e. The van der Waals surface area contributed by atoms with Crippen molar-refractivity contribution in [2.75, 3.05) is 13.2 Å². The second-order valence-electron chi connectivity index (χ2n) is 21.1. The fraction of sp³-hybridized carbons (Fsp3) is 1.00. The van der Waals surface area contributed by atoms with Crippen molar-refractivity contribution in [3.8, 4) is 0 Å². The molecule has 3 aliphatic heterocycles. The minimum absolute atomic E-state index is 0.0633. The minimum atomic E-state index is -1.60. The van der Waals surface area contributed by atoms with Gasteiger partial charge in [-0.05, 0) is 117 Å². The van der Waals surface area contributed by atoms with Crippen LogP contribution in [-0.2, 0) is 23.7 Å². The molecule has 0 aromatic rings. The molecule has 9 N–H and O–H groups in total. The van der Waals surface area contributed by atoms with Crippen LogP contribution in [0.4, 0.5) is 0 Å². The Morgan fingerprint density at radius 3 is 2.05 bits per heavy atom. The molecule has 14 heteroatoms. The number of fused-ring (bicyclic) bond motifs is 2. The van der Waals surface area contributed by atoms with Crippen molar-refractivity contribution in [3.05, 3.63) is 0 Å². The third-order valence-corrected chi connectivity index (χ3v) is 17.6. The lowest BCUT2D eigenvalue weighted by Crippen LogP contribution is -2.65. The first-order chi connectivity index (χ1) is 25.5. The molecule has 0 aromatic heterocycles. The second kappa shape index (κ2) is 13.2.